The molecule has 2 unspecified atom stereocenters. The Morgan fingerprint density at radius 2 is 2.05 bits per heavy atom. The van der Waals surface area contributed by atoms with E-state index in [1.807, 2.05) is 36.4 Å². The highest BCUT2D eigenvalue weighted by molar-refractivity contribution is 7.86. The molecule has 206 valence electrons. The second-order valence-electron chi connectivity index (χ2n) is 11.3. The largest absolute Gasteiger partial charge is 0.491 e. The molecule has 0 saturated heterocycles. The van der Waals surface area contributed by atoms with Crippen LogP contribution >= 0.6 is 11.6 Å². The van der Waals surface area contributed by atoms with Gasteiger partial charge in [0.1, 0.15) is 5.75 Å². The summed E-state index contributed by atoms with van der Waals surface area (Å²) in [6.45, 7) is 3.86. The van der Waals surface area contributed by atoms with Crippen LogP contribution in [0.5, 0.6) is 5.75 Å². The number of carbonyl (C=O) groups is 1. The maximum absolute atomic E-state index is 13.0. The Balaban J connectivity index is 1.27. The second kappa shape index (κ2) is 14.3. The molecule has 38 heavy (non-hydrogen) atoms. The van der Waals surface area contributed by atoms with Crippen LogP contribution in [0.4, 0.5) is 5.69 Å². The van der Waals surface area contributed by atoms with E-state index < -0.39 is 0 Å². The Kier molecular flexibility index (Phi) is 10.9. The van der Waals surface area contributed by atoms with Crippen LogP contribution in [0.2, 0.25) is 5.02 Å². The van der Waals surface area contributed by atoms with Crippen molar-refractivity contribution in [2.75, 3.05) is 37.1 Å². The molecule has 2 aliphatic rings. The van der Waals surface area contributed by atoms with Crippen LogP contribution in [-0.2, 0) is 17.1 Å². The summed E-state index contributed by atoms with van der Waals surface area (Å²) in [7, 11) is 1.80. The summed E-state index contributed by atoms with van der Waals surface area (Å²) in [6, 6.07) is 13.9. The summed E-state index contributed by atoms with van der Waals surface area (Å²) in [4.78, 5) is 15.2. The minimum absolute atomic E-state index is 0.123. The van der Waals surface area contributed by atoms with Gasteiger partial charge in [-0.25, -0.2) is 0 Å². The number of hydrogen-bond donors (Lipinski definition) is 0. The van der Waals surface area contributed by atoms with Gasteiger partial charge >= 0.3 is 0 Å². The molecular formula is C32H43ClN2O2S. The first kappa shape index (κ1) is 28.9. The van der Waals surface area contributed by atoms with Crippen molar-refractivity contribution < 1.29 is 9.53 Å². The molecule has 4 nitrogen and oxygen atoms in total. The molecule has 0 N–H and O–H groups in total. The van der Waals surface area contributed by atoms with Crippen LogP contribution in [0.25, 0.3) is 0 Å². The van der Waals surface area contributed by atoms with Crippen molar-refractivity contribution in [3.8, 4) is 5.75 Å². The lowest BCUT2D eigenvalue weighted by atomic mass is 9.83. The number of nitrogens with zero attached hydrogens (tertiary/aromatic N) is 2. The summed E-state index contributed by atoms with van der Waals surface area (Å²) < 4.78 is 10.7. The van der Waals surface area contributed by atoms with E-state index in [-0.39, 0.29) is 16.6 Å². The van der Waals surface area contributed by atoms with E-state index in [1.54, 1.807) is 0 Å². The Labute approximate surface area is 236 Å². The van der Waals surface area contributed by atoms with Crippen molar-refractivity contribution in [1.29, 1.82) is 0 Å². The number of ether oxygens (including phenoxy) is 1. The molecule has 1 fully saturated rings. The molecule has 1 aliphatic heterocycles. The van der Waals surface area contributed by atoms with Crippen LogP contribution in [-0.4, -0.2) is 38.1 Å². The fraction of sp³-hybridized carbons (Fsp3) is 0.531. The Morgan fingerprint density at radius 3 is 2.82 bits per heavy atom. The van der Waals surface area contributed by atoms with Crippen LogP contribution in [0.15, 0.2) is 59.0 Å². The van der Waals surface area contributed by atoms with Gasteiger partial charge in [0.15, 0.2) is 0 Å². The van der Waals surface area contributed by atoms with Gasteiger partial charge in [-0.1, -0.05) is 72.8 Å². The summed E-state index contributed by atoms with van der Waals surface area (Å²) in [5.74, 6) is 3.55. The zero-order valence-corrected chi connectivity index (χ0v) is 24.8. The maximum Gasteiger partial charge on any atom is 0.282 e. The van der Waals surface area contributed by atoms with Crippen molar-refractivity contribution in [3.63, 3.8) is 0 Å². The highest BCUT2D eigenvalue weighted by Gasteiger charge is 2.22. The molecule has 3 atom stereocenters. The number of hydrogen-bond acceptors (Lipinski definition) is 3. The average molecular weight is 555 g/mol. The van der Waals surface area contributed by atoms with Crippen molar-refractivity contribution >= 4 is 33.9 Å². The normalized spacial score (nSPS) is 19.5. The quantitative estimate of drug-likeness (QED) is 0.263. The molecule has 0 radical (unpaired) electrons. The molecule has 2 aromatic carbocycles. The minimum atomic E-state index is -0.288. The van der Waals surface area contributed by atoms with Gasteiger partial charge in [-0.2, -0.15) is 4.36 Å². The van der Waals surface area contributed by atoms with Gasteiger partial charge in [0.05, 0.1) is 12.3 Å². The fourth-order valence-electron chi connectivity index (χ4n) is 5.34. The predicted octanol–water partition coefficient (Wildman–Crippen LogP) is 8.15. The average Bonchev–Trinajstić information content (AvgIpc) is 3.01. The van der Waals surface area contributed by atoms with E-state index in [9.17, 15) is 4.79 Å². The number of anilines is 1. The third-order valence-corrected chi connectivity index (χ3v) is 9.52. The van der Waals surface area contributed by atoms with E-state index in [0.29, 0.717) is 24.0 Å². The monoisotopic (exact) mass is 554 g/mol. The van der Waals surface area contributed by atoms with Crippen molar-refractivity contribution in [2.24, 2.45) is 22.1 Å². The summed E-state index contributed by atoms with van der Waals surface area (Å²) in [6.07, 6.45) is 16.5. The number of fused-ring (bicyclic) bond motifs is 1. The minimum Gasteiger partial charge on any atom is -0.491 e. The standard InChI is InChI=1S/C32H43ClN2O2S/c1-24(9-4-5-10-25-11-6-12-25)23-38(3)34-32(36)28-17-18-31-30(20-28)35(2)21-27(22-37-31)15-7-13-26-14-8-16-29(33)19-26/h4-5,8,14,16-20,24-25,27H,6-7,9-13,15,21-23H2,1-3H3/b5-4+/t24-,27?,38?/m0/s1. The summed E-state index contributed by atoms with van der Waals surface area (Å²) >= 11 is 6.13. The third-order valence-electron chi connectivity index (χ3n) is 7.75. The molecule has 6 heteroatoms. The Morgan fingerprint density at radius 1 is 1.21 bits per heavy atom. The maximum atomic E-state index is 13.0. The lowest BCUT2D eigenvalue weighted by Gasteiger charge is -2.23. The number of rotatable bonds is 11. The zero-order chi connectivity index (χ0) is 26.9. The van der Waals surface area contributed by atoms with Crippen molar-refractivity contribution in [1.82, 2.24) is 0 Å². The molecule has 1 saturated carbocycles. The number of aryl methyl sites for hydroxylation is 1. The SMILES string of the molecule is C[C@@H](C/C=C/CC1CCC1)CS(C)=NC(=O)c1ccc2c(c1)N(C)CC(CCCc1cccc(Cl)c1)CO2. The first-order valence-electron chi connectivity index (χ1n) is 14.1. The molecular weight excluding hydrogens is 512 g/mol. The second-order valence-corrected chi connectivity index (χ2v) is 13.4. The molecule has 0 bridgehead atoms. The van der Waals surface area contributed by atoms with E-state index in [1.165, 1.54) is 31.2 Å². The van der Waals surface area contributed by atoms with Gasteiger partial charge in [-0.3, -0.25) is 4.79 Å². The van der Waals surface area contributed by atoms with E-state index in [4.69, 9.17) is 16.3 Å². The lowest BCUT2D eigenvalue weighted by molar-refractivity contribution is 0.101. The molecule has 4 rings (SSSR count). The van der Waals surface area contributed by atoms with Gasteiger partial charge in [-0.15, -0.1) is 0 Å². The van der Waals surface area contributed by atoms with Gasteiger partial charge in [0.2, 0.25) is 0 Å². The first-order chi connectivity index (χ1) is 18.4. The van der Waals surface area contributed by atoms with Gasteiger partial charge in [0.25, 0.3) is 5.91 Å². The van der Waals surface area contributed by atoms with Crippen LogP contribution < -0.4 is 9.64 Å². The fourth-order valence-corrected chi connectivity index (χ4v) is 6.97. The molecule has 2 aromatic rings. The van der Waals surface area contributed by atoms with Crippen molar-refractivity contribution in [3.05, 3.63) is 70.8 Å². The van der Waals surface area contributed by atoms with Gasteiger partial charge in [0, 0.05) is 35.8 Å². The van der Waals surface area contributed by atoms with Crippen molar-refractivity contribution in [2.45, 2.75) is 58.3 Å². The van der Waals surface area contributed by atoms with E-state index >= 15 is 0 Å². The molecule has 0 spiro atoms. The summed E-state index contributed by atoms with van der Waals surface area (Å²) in [5.41, 5.74) is 2.90. The lowest BCUT2D eigenvalue weighted by Crippen LogP contribution is -2.26. The predicted molar refractivity (Wildman–Crippen MR) is 163 cm³/mol. The molecule has 1 amide bonds. The van der Waals surface area contributed by atoms with Gasteiger partial charge < -0.3 is 9.64 Å². The van der Waals surface area contributed by atoms with Gasteiger partial charge in [-0.05, 0) is 86.1 Å². The molecule has 1 heterocycles. The Hall–Kier alpha value is -2.11. The molecule has 1 aliphatic carbocycles. The number of allylic oxidation sites excluding steroid dienone is 2. The smallest absolute Gasteiger partial charge is 0.282 e. The van der Waals surface area contributed by atoms with Crippen LogP contribution in [0, 0.1) is 17.8 Å². The number of benzene rings is 2. The zero-order valence-electron chi connectivity index (χ0n) is 23.2. The summed E-state index contributed by atoms with van der Waals surface area (Å²) in [5, 5.41) is 0.795. The van der Waals surface area contributed by atoms with E-state index in [2.05, 4.69) is 47.7 Å². The third kappa shape index (κ3) is 8.71. The highest BCUT2D eigenvalue weighted by Crippen LogP contribution is 2.33. The number of amides is 1. The Bertz CT molecular complexity index is 1140. The number of carbonyl (C=O) groups excluding carboxylic acids is 1. The number of halogens is 1. The van der Waals surface area contributed by atoms with E-state index in [0.717, 1.165) is 60.4 Å². The van der Waals surface area contributed by atoms with Crippen LogP contribution in [0.1, 0.15) is 67.8 Å². The van der Waals surface area contributed by atoms with Crippen LogP contribution in [0.3, 0.4) is 0 Å². The highest BCUT2D eigenvalue weighted by atomic mass is 35.5. The molecule has 0 aromatic heterocycles. The first-order valence-corrected chi connectivity index (χ1v) is 16.3. The topological polar surface area (TPSA) is 41.9 Å².